The molecule has 6 heteroatoms. The second-order valence-corrected chi connectivity index (χ2v) is 12.0. The van der Waals surface area contributed by atoms with E-state index in [9.17, 15) is 0 Å². The molecule has 0 spiro atoms. The third kappa shape index (κ3) is 4.06. The molecule has 0 aliphatic heterocycles. The van der Waals surface area contributed by atoms with Gasteiger partial charge in [-0.3, -0.25) is 14.1 Å². The van der Waals surface area contributed by atoms with Crippen LogP contribution in [0.1, 0.15) is 0 Å². The number of hydrogen-bond donors (Lipinski definition) is 0. The lowest BCUT2D eigenvalue weighted by Gasteiger charge is -2.13. The number of aromatic nitrogens is 6. The molecule has 0 N–H and O–H groups in total. The van der Waals surface area contributed by atoms with Crippen molar-refractivity contribution in [3.63, 3.8) is 0 Å². The molecule has 0 amide bonds. The van der Waals surface area contributed by atoms with Gasteiger partial charge in [0, 0.05) is 44.3 Å². The Morgan fingerprint density at radius 2 is 0.833 bits per heavy atom. The highest BCUT2D eigenvalue weighted by Gasteiger charge is 2.20. The lowest BCUT2D eigenvalue weighted by Crippen LogP contribution is -2.10. The molecule has 48 heavy (non-hydrogen) atoms. The first-order valence-electron chi connectivity index (χ1n) is 16.0. The second-order valence-electron chi connectivity index (χ2n) is 12.0. The predicted molar refractivity (Wildman–Crippen MR) is 195 cm³/mol. The minimum Gasteiger partial charge on any atom is -0.278 e. The number of rotatable bonds is 4. The quantitative estimate of drug-likeness (QED) is 0.198. The summed E-state index contributed by atoms with van der Waals surface area (Å²) in [4.78, 5) is 20.5. The van der Waals surface area contributed by atoms with Gasteiger partial charge < -0.3 is 0 Å². The Bertz CT molecular complexity index is 2620. The molecule has 0 bridgehead atoms. The van der Waals surface area contributed by atoms with Crippen LogP contribution < -0.4 is 0 Å². The molecule has 0 aliphatic rings. The molecule has 10 rings (SSSR count). The fourth-order valence-electron chi connectivity index (χ4n) is 7.02. The number of fused-ring (bicyclic) bond motifs is 7. The first-order valence-corrected chi connectivity index (χ1v) is 16.0. The van der Waals surface area contributed by atoms with Crippen LogP contribution in [0.5, 0.6) is 0 Å². The van der Waals surface area contributed by atoms with Crippen molar-refractivity contribution in [2.45, 2.75) is 0 Å². The van der Waals surface area contributed by atoms with E-state index in [4.69, 9.17) is 19.9 Å². The number of para-hydroxylation sites is 4. The first kappa shape index (κ1) is 26.5. The van der Waals surface area contributed by atoms with E-state index in [2.05, 4.69) is 149 Å². The van der Waals surface area contributed by atoms with Crippen molar-refractivity contribution in [1.29, 1.82) is 0 Å². The molecule has 224 valence electrons. The Morgan fingerprint density at radius 3 is 1.38 bits per heavy atom. The fraction of sp³-hybridized carbons (Fsp3) is 0. The number of nitrogens with zero attached hydrogens (tertiary/aromatic N) is 6. The van der Waals surface area contributed by atoms with Crippen LogP contribution in [0.15, 0.2) is 158 Å². The van der Waals surface area contributed by atoms with E-state index < -0.39 is 0 Å². The Balaban J connectivity index is 1.26. The maximum absolute atomic E-state index is 5.25. The summed E-state index contributed by atoms with van der Waals surface area (Å²) in [6.45, 7) is 0. The predicted octanol–water partition coefficient (Wildman–Crippen LogP) is 9.95. The summed E-state index contributed by atoms with van der Waals surface area (Å²) in [6, 6.07) is 52.5. The average Bonchev–Trinajstić information content (AvgIpc) is 3.68. The summed E-state index contributed by atoms with van der Waals surface area (Å²) >= 11 is 0. The minimum absolute atomic E-state index is 0.559. The highest BCUT2D eigenvalue weighted by molar-refractivity contribution is 6.10. The van der Waals surface area contributed by atoms with E-state index in [0.29, 0.717) is 17.7 Å². The maximum atomic E-state index is 5.25. The van der Waals surface area contributed by atoms with Gasteiger partial charge >= 0.3 is 0 Å². The van der Waals surface area contributed by atoms with E-state index in [1.807, 2.05) is 18.3 Å². The van der Waals surface area contributed by atoms with Crippen LogP contribution in [-0.4, -0.2) is 29.1 Å². The van der Waals surface area contributed by atoms with Crippen molar-refractivity contribution in [3.05, 3.63) is 158 Å². The van der Waals surface area contributed by atoms with Gasteiger partial charge in [-0.25, -0.2) is 0 Å². The summed E-state index contributed by atoms with van der Waals surface area (Å²) in [5.74, 6) is 1.70. The summed E-state index contributed by atoms with van der Waals surface area (Å²) in [5, 5.41) is 6.86. The highest BCUT2D eigenvalue weighted by atomic mass is 15.3. The molecule has 6 aromatic carbocycles. The Morgan fingerprint density at radius 1 is 0.375 bits per heavy atom. The number of pyridine rings is 1. The van der Waals surface area contributed by atoms with Crippen molar-refractivity contribution in [2.24, 2.45) is 0 Å². The molecule has 0 radical (unpaired) electrons. The molecule has 4 heterocycles. The molecule has 0 unspecified atom stereocenters. The number of hydrogen-bond acceptors (Lipinski definition) is 4. The van der Waals surface area contributed by atoms with Gasteiger partial charge in [0.2, 0.25) is 11.9 Å². The summed E-state index contributed by atoms with van der Waals surface area (Å²) in [7, 11) is 0. The van der Waals surface area contributed by atoms with Crippen LogP contribution in [0.2, 0.25) is 0 Å². The van der Waals surface area contributed by atoms with Gasteiger partial charge in [0.05, 0.1) is 27.8 Å². The van der Waals surface area contributed by atoms with Gasteiger partial charge in [-0.05, 0) is 41.8 Å². The van der Waals surface area contributed by atoms with Crippen LogP contribution in [0.25, 0.3) is 88.9 Å². The van der Waals surface area contributed by atoms with E-state index >= 15 is 0 Å². The van der Waals surface area contributed by atoms with Crippen LogP contribution in [-0.2, 0) is 0 Å². The molecule has 4 aromatic heterocycles. The monoisotopic (exact) mass is 614 g/mol. The van der Waals surface area contributed by atoms with Gasteiger partial charge in [-0.2, -0.15) is 15.0 Å². The first-order chi connectivity index (χ1) is 23.8. The molecule has 6 nitrogen and oxygen atoms in total. The molecule has 0 aliphatic carbocycles. The van der Waals surface area contributed by atoms with E-state index in [0.717, 1.165) is 71.2 Å². The van der Waals surface area contributed by atoms with Crippen molar-refractivity contribution in [3.8, 4) is 34.5 Å². The zero-order valence-corrected chi connectivity index (χ0v) is 25.7. The van der Waals surface area contributed by atoms with Crippen LogP contribution in [0, 0.1) is 0 Å². The molecule has 10 aromatic rings. The zero-order chi connectivity index (χ0) is 31.6. The summed E-state index contributed by atoms with van der Waals surface area (Å²) in [5.41, 5.74) is 6.94. The molecule has 0 atom stereocenters. The summed E-state index contributed by atoms with van der Waals surface area (Å²) in [6.07, 6.45) is 1.93. The Labute approximate surface area is 275 Å². The highest BCUT2D eigenvalue weighted by Crippen LogP contribution is 2.35. The van der Waals surface area contributed by atoms with Crippen molar-refractivity contribution >= 4 is 54.4 Å². The van der Waals surface area contributed by atoms with Crippen LogP contribution in [0.4, 0.5) is 0 Å². The summed E-state index contributed by atoms with van der Waals surface area (Å²) < 4.78 is 4.31. The fourth-order valence-corrected chi connectivity index (χ4v) is 7.02. The topological polar surface area (TPSA) is 61.4 Å². The molecular formula is C42H26N6. The third-order valence-corrected chi connectivity index (χ3v) is 9.22. The van der Waals surface area contributed by atoms with Crippen LogP contribution >= 0.6 is 0 Å². The van der Waals surface area contributed by atoms with E-state index in [1.54, 1.807) is 0 Å². The van der Waals surface area contributed by atoms with E-state index in [1.165, 1.54) is 0 Å². The Hall–Kier alpha value is -6.66. The Kier molecular flexibility index (Phi) is 5.77. The molecular weight excluding hydrogens is 589 g/mol. The molecule has 0 saturated heterocycles. The van der Waals surface area contributed by atoms with Crippen molar-refractivity contribution in [2.75, 3.05) is 0 Å². The van der Waals surface area contributed by atoms with Gasteiger partial charge in [-0.15, -0.1) is 0 Å². The van der Waals surface area contributed by atoms with Gasteiger partial charge in [-0.1, -0.05) is 115 Å². The van der Waals surface area contributed by atoms with Crippen molar-refractivity contribution < 1.29 is 0 Å². The lowest BCUT2D eigenvalue weighted by molar-refractivity contribution is 0.893. The van der Waals surface area contributed by atoms with Crippen LogP contribution in [0.3, 0.4) is 0 Å². The smallest absolute Gasteiger partial charge is 0.240 e. The SMILES string of the molecule is c1cc(-c2cc3ccccc3cn2)cc(-c2nc(-n3c4ccccc4c4ccccc43)nc(-n3c4ccccc4c4ccccc43)n2)c1. The largest absolute Gasteiger partial charge is 0.278 e. The van der Waals surface area contributed by atoms with Gasteiger partial charge in [0.15, 0.2) is 5.82 Å². The van der Waals surface area contributed by atoms with Crippen molar-refractivity contribution in [1.82, 2.24) is 29.1 Å². The lowest BCUT2D eigenvalue weighted by atomic mass is 10.0. The normalized spacial score (nSPS) is 11.8. The number of benzene rings is 6. The average molecular weight is 615 g/mol. The standard InChI is InChI=1S/C42H26N6/c1-2-13-30-26-43-35(25-27(30)12-1)28-14-11-15-29(24-28)40-44-41(47-36-20-7-3-16-31(36)32-17-4-8-21-37(32)47)46-42(45-40)48-38-22-9-5-18-33(38)34-19-6-10-23-39(34)48/h1-26H. The van der Waals surface area contributed by atoms with Gasteiger partial charge in [0.1, 0.15) is 0 Å². The zero-order valence-electron chi connectivity index (χ0n) is 25.7. The van der Waals surface area contributed by atoms with E-state index in [-0.39, 0.29) is 0 Å². The molecule has 0 fully saturated rings. The third-order valence-electron chi connectivity index (χ3n) is 9.22. The second kappa shape index (κ2) is 10.4. The van der Waals surface area contributed by atoms with Gasteiger partial charge in [0.25, 0.3) is 0 Å². The minimum atomic E-state index is 0.559. The maximum Gasteiger partial charge on any atom is 0.240 e. The molecule has 0 saturated carbocycles.